The summed E-state index contributed by atoms with van der Waals surface area (Å²) >= 11 is 0. The van der Waals surface area contributed by atoms with Crippen molar-refractivity contribution in [1.82, 2.24) is 0 Å². The van der Waals surface area contributed by atoms with Crippen LogP contribution in [0.4, 0.5) is 0 Å². The Morgan fingerprint density at radius 2 is 2.05 bits per heavy atom. The summed E-state index contributed by atoms with van der Waals surface area (Å²) in [6.45, 7) is 5.84. The molecule has 2 aromatic rings. The molecule has 1 aromatic heterocycles. The quantitative estimate of drug-likeness (QED) is 0.861. The highest BCUT2D eigenvalue weighted by atomic mass is 16.5. The Morgan fingerprint density at radius 3 is 2.70 bits per heavy atom. The summed E-state index contributed by atoms with van der Waals surface area (Å²) in [5.41, 5.74) is 3.45. The highest BCUT2D eigenvalue weighted by Crippen LogP contribution is 2.44. The average molecular weight is 272 g/mol. The van der Waals surface area contributed by atoms with E-state index >= 15 is 0 Å². The van der Waals surface area contributed by atoms with Crippen LogP contribution >= 0.6 is 0 Å². The van der Waals surface area contributed by atoms with E-state index in [2.05, 4.69) is 0 Å². The fourth-order valence-corrected chi connectivity index (χ4v) is 3.14. The Bertz CT molecular complexity index is 765. The third kappa shape index (κ3) is 1.45. The molecule has 1 N–H and O–H groups in total. The molecule has 1 aliphatic rings. The molecule has 1 heterocycles. The van der Waals surface area contributed by atoms with Crippen LogP contribution in [0.5, 0.6) is 5.75 Å². The number of fused-ring (bicyclic) bond motifs is 2. The monoisotopic (exact) mass is 272 g/mol. The molecule has 0 saturated carbocycles. The molecule has 20 heavy (non-hydrogen) atoms. The van der Waals surface area contributed by atoms with Gasteiger partial charge in [0.2, 0.25) is 0 Å². The lowest BCUT2D eigenvalue weighted by atomic mass is 9.81. The summed E-state index contributed by atoms with van der Waals surface area (Å²) in [5, 5.41) is 11.3. The topological polar surface area (TPSA) is 59.7 Å². The van der Waals surface area contributed by atoms with Crippen molar-refractivity contribution in [2.24, 2.45) is 0 Å². The minimum absolute atomic E-state index is 0.0719. The van der Waals surface area contributed by atoms with Crippen molar-refractivity contribution in [1.29, 1.82) is 0 Å². The van der Waals surface area contributed by atoms with Gasteiger partial charge in [-0.1, -0.05) is 6.92 Å². The molecule has 0 bridgehead atoms. The smallest absolute Gasteiger partial charge is 0.193 e. The number of phenols is 1. The molecular weight excluding hydrogens is 256 g/mol. The van der Waals surface area contributed by atoms with Crippen LogP contribution in [0.3, 0.4) is 0 Å². The summed E-state index contributed by atoms with van der Waals surface area (Å²) in [5.74, 6) is 0.228. The molecule has 1 aliphatic carbocycles. The Hall–Kier alpha value is -2.23. The fourth-order valence-electron chi connectivity index (χ4n) is 3.14. The van der Waals surface area contributed by atoms with Crippen LogP contribution in [0, 0.1) is 13.8 Å². The number of benzene rings is 1. The van der Waals surface area contributed by atoms with Gasteiger partial charge in [0.05, 0.1) is 18.9 Å². The maximum Gasteiger partial charge on any atom is 0.193 e. The van der Waals surface area contributed by atoms with Crippen molar-refractivity contribution < 1.29 is 19.1 Å². The summed E-state index contributed by atoms with van der Waals surface area (Å²) < 4.78 is 10.7. The van der Waals surface area contributed by atoms with Gasteiger partial charge in [-0.2, -0.15) is 0 Å². The number of phenolic OH excluding ortho intramolecular Hbond substituents is 1. The first-order chi connectivity index (χ1) is 9.47. The van der Waals surface area contributed by atoms with Crippen LogP contribution in [-0.4, -0.2) is 18.0 Å². The van der Waals surface area contributed by atoms with Crippen molar-refractivity contribution in [2.75, 3.05) is 7.11 Å². The van der Waals surface area contributed by atoms with Crippen LogP contribution in [-0.2, 0) is 4.74 Å². The lowest BCUT2D eigenvalue weighted by Gasteiger charge is -2.25. The molecule has 0 spiro atoms. The van der Waals surface area contributed by atoms with E-state index in [1.807, 2.05) is 20.8 Å². The zero-order valence-electron chi connectivity index (χ0n) is 11.9. The Kier molecular flexibility index (Phi) is 2.64. The summed E-state index contributed by atoms with van der Waals surface area (Å²) in [6.07, 6.45) is 3.04. The van der Waals surface area contributed by atoms with E-state index in [0.29, 0.717) is 16.9 Å². The molecule has 0 saturated heterocycles. The summed E-state index contributed by atoms with van der Waals surface area (Å²) in [6, 6.07) is 0. The van der Waals surface area contributed by atoms with Gasteiger partial charge in [0.25, 0.3) is 0 Å². The molecule has 104 valence electrons. The number of hydrogen-bond donors (Lipinski definition) is 1. The van der Waals surface area contributed by atoms with Crippen molar-refractivity contribution in [3.05, 3.63) is 40.4 Å². The molecule has 3 rings (SSSR count). The van der Waals surface area contributed by atoms with Gasteiger partial charge in [0.15, 0.2) is 17.1 Å². The number of aryl methyl sites for hydroxylation is 2. The van der Waals surface area contributed by atoms with Crippen molar-refractivity contribution in [2.45, 2.75) is 26.7 Å². The van der Waals surface area contributed by atoms with Gasteiger partial charge in [-0.05, 0) is 30.5 Å². The van der Waals surface area contributed by atoms with E-state index in [9.17, 15) is 9.90 Å². The van der Waals surface area contributed by atoms with Crippen LogP contribution in [0.15, 0.2) is 22.5 Å². The lowest BCUT2D eigenvalue weighted by molar-refractivity contribution is 0.103. The second-order valence-electron chi connectivity index (χ2n) is 5.22. The fraction of sp³-hybridized carbons (Fsp3) is 0.312. The first-order valence-corrected chi connectivity index (χ1v) is 6.50. The zero-order valence-corrected chi connectivity index (χ0v) is 11.9. The van der Waals surface area contributed by atoms with Gasteiger partial charge < -0.3 is 14.3 Å². The normalized spacial score (nSPS) is 18.1. The molecule has 0 fully saturated rings. The molecule has 1 unspecified atom stereocenters. The molecule has 4 nitrogen and oxygen atoms in total. The van der Waals surface area contributed by atoms with E-state index in [0.717, 1.165) is 22.1 Å². The Morgan fingerprint density at radius 1 is 1.35 bits per heavy atom. The largest absolute Gasteiger partial charge is 0.504 e. The number of furan rings is 1. The zero-order chi connectivity index (χ0) is 14.6. The number of hydrogen-bond acceptors (Lipinski definition) is 4. The van der Waals surface area contributed by atoms with Crippen LogP contribution in [0.2, 0.25) is 0 Å². The second kappa shape index (κ2) is 4.13. The van der Waals surface area contributed by atoms with Gasteiger partial charge in [-0.25, -0.2) is 0 Å². The first-order valence-electron chi connectivity index (χ1n) is 6.50. The summed E-state index contributed by atoms with van der Waals surface area (Å²) in [4.78, 5) is 12.3. The molecule has 0 amide bonds. The van der Waals surface area contributed by atoms with E-state index in [1.165, 1.54) is 6.08 Å². The van der Waals surface area contributed by atoms with Crippen molar-refractivity contribution in [3.8, 4) is 5.75 Å². The second-order valence-corrected chi connectivity index (χ2v) is 5.22. The third-order valence-corrected chi connectivity index (χ3v) is 4.09. The molecule has 1 atom stereocenters. The van der Waals surface area contributed by atoms with Gasteiger partial charge in [0, 0.05) is 17.4 Å². The maximum absolute atomic E-state index is 12.3. The Balaban J connectivity index is 2.45. The summed E-state index contributed by atoms with van der Waals surface area (Å²) in [7, 11) is 1.55. The van der Waals surface area contributed by atoms with E-state index < -0.39 is 0 Å². The first kappa shape index (κ1) is 12.8. The highest BCUT2D eigenvalue weighted by molar-refractivity contribution is 6.13. The molecular formula is C16H16O4. The molecule has 4 heteroatoms. The number of carbonyl (C=O) groups excluding carboxylic acids is 1. The maximum atomic E-state index is 12.3. The predicted octanol–water partition coefficient (Wildman–Crippen LogP) is 3.59. The van der Waals surface area contributed by atoms with E-state index in [-0.39, 0.29) is 17.5 Å². The minimum Gasteiger partial charge on any atom is -0.504 e. The average Bonchev–Trinajstić information content (AvgIpc) is 2.80. The van der Waals surface area contributed by atoms with Crippen molar-refractivity contribution in [3.63, 3.8) is 0 Å². The van der Waals surface area contributed by atoms with Gasteiger partial charge in [-0.15, -0.1) is 0 Å². The number of methoxy groups -OCH3 is 1. The SMILES string of the molecule is COC1=CC(=O)c2c(c(C)c3c(C)coc3c2O)C1C. The van der Waals surface area contributed by atoms with Gasteiger partial charge in [0.1, 0.15) is 5.76 Å². The molecule has 0 radical (unpaired) electrons. The van der Waals surface area contributed by atoms with E-state index in [1.54, 1.807) is 13.4 Å². The number of rotatable bonds is 1. The number of ketones is 1. The van der Waals surface area contributed by atoms with Crippen LogP contribution in [0.25, 0.3) is 11.0 Å². The standard InChI is InChI=1S/C16H16O4/c1-7-6-20-16-12(7)9(3)13-8(2)11(19-4)5-10(17)14(13)15(16)18/h5-6,8,18H,1-4H3. The number of allylic oxidation sites excluding steroid dienone is 2. The molecule has 0 aliphatic heterocycles. The number of aromatic hydroxyl groups is 1. The van der Waals surface area contributed by atoms with Crippen LogP contribution in [0.1, 0.15) is 39.9 Å². The molecule has 1 aromatic carbocycles. The van der Waals surface area contributed by atoms with Crippen molar-refractivity contribution >= 4 is 16.8 Å². The minimum atomic E-state index is -0.244. The predicted molar refractivity (Wildman–Crippen MR) is 75.2 cm³/mol. The van der Waals surface area contributed by atoms with E-state index in [4.69, 9.17) is 9.15 Å². The number of carbonyl (C=O) groups is 1. The lowest BCUT2D eigenvalue weighted by Crippen LogP contribution is -2.16. The highest BCUT2D eigenvalue weighted by Gasteiger charge is 2.32. The number of ether oxygens (including phenoxy) is 1. The van der Waals surface area contributed by atoms with Crippen LogP contribution < -0.4 is 0 Å². The van der Waals surface area contributed by atoms with Gasteiger partial charge >= 0.3 is 0 Å². The van der Waals surface area contributed by atoms with Gasteiger partial charge in [-0.3, -0.25) is 4.79 Å². The third-order valence-electron chi connectivity index (χ3n) is 4.09. The Labute approximate surface area is 116 Å².